The molecule has 1 atom stereocenters. The summed E-state index contributed by atoms with van der Waals surface area (Å²) in [6.45, 7) is 6.34. The number of methoxy groups -OCH3 is 1. The molecule has 3 aromatic carbocycles. The Morgan fingerprint density at radius 3 is 2.21 bits per heavy atom. The van der Waals surface area contributed by atoms with Crippen LogP contribution in [0.2, 0.25) is 0 Å². The van der Waals surface area contributed by atoms with Gasteiger partial charge in [-0.15, -0.1) is 11.8 Å². The van der Waals surface area contributed by atoms with Crippen LogP contribution in [0.5, 0.6) is 0 Å². The van der Waals surface area contributed by atoms with E-state index in [1.54, 1.807) is 11.8 Å². The Balaban J connectivity index is 1.24. The predicted molar refractivity (Wildman–Crippen MR) is 178 cm³/mol. The van der Waals surface area contributed by atoms with Gasteiger partial charge in [0.2, 0.25) is 0 Å². The number of halogens is 2. The molecule has 0 aromatic heterocycles. The van der Waals surface area contributed by atoms with E-state index < -0.39 is 35.7 Å². The lowest BCUT2D eigenvalue weighted by atomic mass is 9.68. The van der Waals surface area contributed by atoms with E-state index in [2.05, 4.69) is 77.2 Å². The molecule has 4 amide bonds. The van der Waals surface area contributed by atoms with Crippen molar-refractivity contribution in [2.75, 3.05) is 39.5 Å². The molecule has 2 heterocycles. The average Bonchev–Trinajstić information content (AvgIpc) is 3.08. The minimum Gasteiger partial charge on any atom is -0.466 e. The molecule has 11 heteroatoms. The summed E-state index contributed by atoms with van der Waals surface area (Å²) in [6, 6.07) is 17.9. The van der Waals surface area contributed by atoms with Gasteiger partial charge in [-0.1, -0.05) is 48.0 Å². The zero-order valence-corrected chi connectivity index (χ0v) is 27.9. The smallest absolute Gasteiger partial charge is 0.337 e. The summed E-state index contributed by atoms with van der Waals surface area (Å²) >= 11 is 1.73. The van der Waals surface area contributed by atoms with E-state index in [0.29, 0.717) is 6.42 Å². The molecule has 0 bridgehead atoms. The molecule has 2 aliphatic heterocycles. The van der Waals surface area contributed by atoms with Gasteiger partial charge in [0.25, 0.3) is 0 Å². The van der Waals surface area contributed by atoms with Crippen LogP contribution in [0.1, 0.15) is 54.5 Å². The highest BCUT2D eigenvalue weighted by molar-refractivity contribution is 7.98. The molecule has 8 nitrogen and oxygen atoms in total. The maximum absolute atomic E-state index is 14.2. The maximum atomic E-state index is 14.2. The van der Waals surface area contributed by atoms with Gasteiger partial charge >= 0.3 is 18.0 Å². The van der Waals surface area contributed by atoms with E-state index in [1.807, 2.05) is 0 Å². The Kier molecular flexibility index (Phi) is 10.7. The van der Waals surface area contributed by atoms with Crippen LogP contribution in [0.25, 0.3) is 0 Å². The highest BCUT2D eigenvalue weighted by Crippen LogP contribution is 2.42. The Morgan fingerprint density at radius 1 is 0.979 bits per heavy atom. The van der Waals surface area contributed by atoms with Crippen molar-refractivity contribution in [3.05, 3.63) is 112 Å². The summed E-state index contributed by atoms with van der Waals surface area (Å²) in [7, 11) is 1.17. The number of allylic oxidation sites excluding steroid dienone is 1. The van der Waals surface area contributed by atoms with Gasteiger partial charge in [-0.05, 0) is 100.0 Å². The molecule has 3 aromatic rings. The third-order valence-corrected chi connectivity index (χ3v) is 9.96. The second-order valence-electron chi connectivity index (χ2n) is 12.0. The largest absolute Gasteiger partial charge is 0.466 e. The van der Waals surface area contributed by atoms with Crippen molar-refractivity contribution in [1.82, 2.24) is 20.4 Å². The van der Waals surface area contributed by atoms with E-state index in [9.17, 15) is 23.2 Å². The van der Waals surface area contributed by atoms with E-state index in [-0.39, 0.29) is 28.8 Å². The molecule has 1 saturated heterocycles. The topological polar surface area (TPSA) is 91.0 Å². The molecule has 5 rings (SSSR count). The number of hydrogen-bond acceptors (Lipinski definition) is 6. The van der Waals surface area contributed by atoms with Crippen molar-refractivity contribution in [3.8, 4) is 0 Å². The van der Waals surface area contributed by atoms with E-state index in [1.165, 1.54) is 41.7 Å². The molecule has 0 radical (unpaired) electrons. The number of ether oxygens (including phenoxy) is 1. The fourth-order valence-corrected chi connectivity index (χ4v) is 7.00. The summed E-state index contributed by atoms with van der Waals surface area (Å²) in [6.07, 6.45) is 4.60. The summed E-state index contributed by atoms with van der Waals surface area (Å²) in [5.41, 5.74) is 3.94. The molecule has 47 heavy (non-hydrogen) atoms. The van der Waals surface area contributed by atoms with Gasteiger partial charge in [0.1, 0.15) is 6.04 Å². The Bertz CT molecular complexity index is 1650. The number of nitrogens with zero attached hydrogens (tertiary/aromatic N) is 2. The Hall–Kier alpha value is -4.22. The number of aryl methyl sites for hydroxylation is 1. The fraction of sp³-hybridized carbons (Fsp3) is 0.361. The first-order valence-corrected chi connectivity index (χ1v) is 16.9. The molecule has 0 aliphatic carbocycles. The Labute approximate surface area is 278 Å². The number of likely N-dealkylation sites (tertiary alicyclic amines) is 1. The van der Waals surface area contributed by atoms with Crippen molar-refractivity contribution < 1.29 is 27.9 Å². The number of carbonyl (C=O) groups excluding carboxylic acids is 3. The van der Waals surface area contributed by atoms with Crippen molar-refractivity contribution >= 4 is 29.8 Å². The quantitative estimate of drug-likeness (QED) is 0.151. The van der Waals surface area contributed by atoms with Crippen LogP contribution in [0, 0.1) is 18.6 Å². The van der Waals surface area contributed by atoms with Gasteiger partial charge in [0.15, 0.2) is 11.6 Å². The molecule has 1 unspecified atom stereocenters. The zero-order valence-electron chi connectivity index (χ0n) is 27.1. The molecule has 0 saturated carbocycles. The van der Waals surface area contributed by atoms with Crippen molar-refractivity contribution in [1.29, 1.82) is 0 Å². The third kappa shape index (κ3) is 7.21. The average molecular weight is 663 g/mol. The van der Waals surface area contributed by atoms with Crippen LogP contribution < -0.4 is 10.6 Å². The van der Waals surface area contributed by atoms with Crippen LogP contribution in [-0.2, 0) is 14.9 Å². The number of amides is 4. The summed E-state index contributed by atoms with van der Waals surface area (Å²) in [5, 5.41) is 5.29. The van der Waals surface area contributed by atoms with Gasteiger partial charge in [0, 0.05) is 22.6 Å². The van der Waals surface area contributed by atoms with Crippen molar-refractivity contribution in [3.63, 3.8) is 0 Å². The molecular weight excluding hydrogens is 622 g/mol. The van der Waals surface area contributed by atoms with Crippen LogP contribution in [0.15, 0.2) is 82.9 Å². The van der Waals surface area contributed by atoms with E-state index >= 15 is 0 Å². The van der Waals surface area contributed by atoms with Gasteiger partial charge in [-0.2, -0.15) is 0 Å². The number of benzene rings is 3. The standard InChI is InChI=1S/C36H40F2N4O4S/c1-23-6-9-26(10-7-23)36(27-11-13-28(47-4)14-12-27)16-20-41(21-17-36)19-5-18-39-34(44)42-32(25-8-15-29(37)30(38)22-25)31(33(43)46-3)24(2)40-35(42)45/h6-15,22,32H,5,16-21H2,1-4H3,(H,39,44)(H,40,45). The normalized spacial score (nSPS) is 18.1. The number of imide groups is 1. The fourth-order valence-electron chi connectivity index (χ4n) is 6.59. The van der Waals surface area contributed by atoms with Crippen LogP contribution in [0.3, 0.4) is 0 Å². The molecule has 2 N–H and O–H groups in total. The lowest BCUT2D eigenvalue weighted by Gasteiger charge is -2.43. The lowest BCUT2D eigenvalue weighted by Crippen LogP contribution is -2.54. The van der Waals surface area contributed by atoms with E-state index in [4.69, 9.17) is 4.74 Å². The number of rotatable bonds is 9. The van der Waals surface area contributed by atoms with Crippen LogP contribution >= 0.6 is 11.8 Å². The molecular formula is C36H40F2N4O4S. The Morgan fingerprint density at radius 2 is 1.62 bits per heavy atom. The first kappa shape index (κ1) is 34.1. The molecule has 248 valence electrons. The van der Waals surface area contributed by atoms with Gasteiger partial charge < -0.3 is 20.3 Å². The number of urea groups is 2. The minimum atomic E-state index is -1.31. The SMILES string of the molecule is COC(=O)C1=C(C)NC(=O)N(C(=O)NCCCN2CCC(c3ccc(C)cc3)(c3ccc(SC)cc3)CC2)C1c1ccc(F)c(F)c1. The maximum Gasteiger partial charge on any atom is 0.337 e. The summed E-state index contributed by atoms with van der Waals surface area (Å²) in [5.74, 6) is -3.06. The van der Waals surface area contributed by atoms with Crippen molar-refractivity contribution in [2.24, 2.45) is 0 Å². The first-order valence-electron chi connectivity index (χ1n) is 15.6. The molecule has 2 aliphatic rings. The number of piperidine rings is 1. The minimum absolute atomic E-state index is 0.0540. The molecule has 0 spiro atoms. The highest BCUT2D eigenvalue weighted by atomic mass is 32.2. The van der Waals surface area contributed by atoms with Gasteiger partial charge in [-0.25, -0.2) is 28.1 Å². The summed E-state index contributed by atoms with van der Waals surface area (Å²) < 4.78 is 32.9. The van der Waals surface area contributed by atoms with Gasteiger partial charge in [0.05, 0.1) is 12.7 Å². The number of esters is 1. The lowest BCUT2D eigenvalue weighted by molar-refractivity contribution is -0.136. The van der Waals surface area contributed by atoms with Crippen LogP contribution in [-0.4, -0.2) is 67.4 Å². The zero-order chi connectivity index (χ0) is 33.7. The third-order valence-electron chi connectivity index (χ3n) is 9.22. The predicted octanol–water partition coefficient (Wildman–Crippen LogP) is 6.69. The second kappa shape index (κ2) is 14.7. The monoisotopic (exact) mass is 662 g/mol. The van der Waals surface area contributed by atoms with Crippen molar-refractivity contribution in [2.45, 2.75) is 49.5 Å². The molecule has 1 fully saturated rings. The summed E-state index contributed by atoms with van der Waals surface area (Å²) in [4.78, 5) is 43.6. The number of thioether (sulfide) groups is 1. The van der Waals surface area contributed by atoms with Crippen LogP contribution in [0.4, 0.5) is 18.4 Å². The number of nitrogens with one attached hydrogen (secondary N) is 2. The van der Waals surface area contributed by atoms with Gasteiger partial charge in [-0.3, -0.25) is 0 Å². The number of carbonyl (C=O) groups is 3. The number of hydrogen-bond donors (Lipinski definition) is 2. The first-order chi connectivity index (χ1) is 22.6. The highest BCUT2D eigenvalue weighted by Gasteiger charge is 2.42. The van der Waals surface area contributed by atoms with E-state index in [0.717, 1.165) is 49.5 Å². The second-order valence-corrected chi connectivity index (χ2v) is 12.9.